The van der Waals surface area contributed by atoms with Gasteiger partial charge in [0.15, 0.2) is 10.6 Å². The van der Waals surface area contributed by atoms with Crippen molar-refractivity contribution in [2.75, 3.05) is 5.73 Å². The van der Waals surface area contributed by atoms with Crippen LogP contribution in [-0.4, -0.2) is 19.7 Å². The van der Waals surface area contributed by atoms with Crippen molar-refractivity contribution >= 4 is 18.0 Å². The summed E-state index contributed by atoms with van der Waals surface area (Å²) in [6, 6.07) is 3.58. The van der Waals surface area contributed by atoms with Gasteiger partial charge in [0, 0.05) is 18.8 Å². The van der Waals surface area contributed by atoms with Crippen LogP contribution in [0.4, 0.5) is 5.82 Å². The summed E-state index contributed by atoms with van der Waals surface area (Å²) in [7, 11) is 1.84. The molecule has 0 saturated heterocycles. The second kappa shape index (κ2) is 3.22. The lowest BCUT2D eigenvalue weighted by Gasteiger charge is -1.99. The van der Waals surface area contributed by atoms with Crippen LogP contribution in [0.15, 0.2) is 18.3 Å². The number of nitrogen functional groups attached to an aromatic ring is 1. The predicted molar refractivity (Wildman–Crippen MR) is 56.0 cm³/mol. The first-order valence-electron chi connectivity index (χ1n) is 4.02. The number of H-pyrrole nitrogens is 1. The number of aromatic nitrogens is 4. The lowest BCUT2D eigenvalue weighted by molar-refractivity contribution is 0.901. The highest BCUT2D eigenvalue weighted by molar-refractivity contribution is 7.71. The SMILES string of the molecule is Cn1c(-c2ccc(N)nc2)n[nH]c1=S. The molecule has 2 rings (SSSR count). The fourth-order valence-electron chi connectivity index (χ4n) is 1.14. The van der Waals surface area contributed by atoms with Gasteiger partial charge in [0.05, 0.1) is 0 Å². The number of aromatic amines is 1. The molecule has 0 amide bonds. The van der Waals surface area contributed by atoms with Gasteiger partial charge in [-0.25, -0.2) is 4.98 Å². The van der Waals surface area contributed by atoms with Crippen LogP contribution in [0.1, 0.15) is 0 Å². The third kappa shape index (κ3) is 1.39. The highest BCUT2D eigenvalue weighted by atomic mass is 32.1. The van der Waals surface area contributed by atoms with Crippen molar-refractivity contribution in [3.8, 4) is 11.4 Å². The van der Waals surface area contributed by atoms with Crippen LogP contribution in [0.2, 0.25) is 0 Å². The summed E-state index contributed by atoms with van der Waals surface area (Å²) in [5.74, 6) is 1.24. The first-order valence-corrected chi connectivity index (χ1v) is 4.42. The first kappa shape index (κ1) is 8.89. The number of nitrogens with two attached hydrogens (primary N) is 1. The van der Waals surface area contributed by atoms with Crippen LogP contribution >= 0.6 is 12.2 Å². The molecular formula is C8H9N5S. The average Bonchev–Trinajstić information content (AvgIpc) is 2.50. The number of hydrogen-bond acceptors (Lipinski definition) is 4. The Kier molecular flexibility index (Phi) is 2.05. The van der Waals surface area contributed by atoms with Crippen LogP contribution in [0, 0.1) is 4.77 Å². The molecule has 2 aromatic rings. The highest BCUT2D eigenvalue weighted by Gasteiger charge is 2.04. The van der Waals surface area contributed by atoms with E-state index in [4.69, 9.17) is 18.0 Å². The van der Waals surface area contributed by atoms with E-state index in [9.17, 15) is 0 Å². The van der Waals surface area contributed by atoms with E-state index in [1.807, 2.05) is 13.1 Å². The van der Waals surface area contributed by atoms with Crippen LogP contribution in [0.5, 0.6) is 0 Å². The minimum absolute atomic E-state index is 0.491. The number of hydrogen-bond donors (Lipinski definition) is 2. The number of nitrogens with zero attached hydrogens (tertiary/aromatic N) is 3. The zero-order chi connectivity index (χ0) is 10.1. The van der Waals surface area contributed by atoms with E-state index in [0.717, 1.165) is 11.4 Å². The van der Waals surface area contributed by atoms with Crippen molar-refractivity contribution in [1.29, 1.82) is 0 Å². The molecule has 0 atom stereocenters. The topological polar surface area (TPSA) is 72.5 Å². The quantitative estimate of drug-likeness (QED) is 0.687. The molecule has 6 heteroatoms. The van der Waals surface area contributed by atoms with E-state index >= 15 is 0 Å². The average molecular weight is 207 g/mol. The van der Waals surface area contributed by atoms with Gasteiger partial charge in [-0.1, -0.05) is 0 Å². The molecule has 2 aromatic heterocycles. The van der Waals surface area contributed by atoms with Gasteiger partial charge in [-0.15, -0.1) is 0 Å². The normalized spacial score (nSPS) is 10.4. The summed E-state index contributed by atoms with van der Waals surface area (Å²) in [6.45, 7) is 0. The summed E-state index contributed by atoms with van der Waals surface area (Å²) in [5, 5.41) is 6.79. The van der Waals surface area contributed by atoms with Crippen molar-refractivity contribution < 1.29 is 0 Å². The molecule has 0 spiro atoms. The summed E-state index contributed by atoms with van der Waals surface area (Å²) in [4.78, 5) is 3.98. The first-order chi connectivity index (χ1) is 6.68. The van der Waals surface area contributed by atoms with Crippen molar-refractivity contribution in [2.45, 2.75) is 0 Å². The monoisotopic (exact) mass is 207 g/mol. The van der Waals surface area contributed by atoms with Gasteiger partial charge in [0.25, 0.3) is 0 Å². The molecule has 0 bridgehead atoms. The number of nitrogens with one attached hydrogen (secondary N) is 1. The lowest BCUT2D eigenvalue weighted by atomic mass is 10.2. The number of rotatable bonds is 1. The molecule has 14 heavy (non-hydrogen) atoms. The molecule has 0 aromatic carbocycles. The number of anilines is 1. The highest BCUT2D eigenvalue weighted by Crippen LogP contribution is 2.15. The van der Waals surface area contributed by atoms with Crippen molar-refractivity contribution in [2.24, 2.45) is 7.05 Å². The van der Waals surface area contributed by atoms with Crippen molar-refractivity contribution in [3.63, 3.8) is 0 Å². The largest absolute Gasteiger partial charge is 0.384 e. The molecule has 72 valence electrons. The molecule has 0 saturated carbocycles. The maximum atomic E-state index is 5.48. The molecule has 0 fully saturated rings. The molecule has 0 aliphatic heterocycles. The molecule has 0 aliphatic rings. The lowest BCUT2D eigenvalue weighted by Crippen LogP contribution is -1.94. The fourth-order valence-corrected chi connectivity index (χ4v) is 1.27. The van der Waals surface area contributed by atoms with E-state index in [0.29, 0.717) is 10.6 Å². The Bertz CT molecular complexity index is 495. The Morgan fingerprint density at radius 2 is 2.29 bits per heavy atom. The zero-order valence-electron chi connectivity index (χ0n) is 7.56. The van der Waals surface area contributed by atoms with E-state index < -0.39 is 0 Å². The Hall–Kier alpha value is -1.69. The molecule has 5 nitrogen and oxygen atoms in total. The molecule has 0 aliphatic carbocycles. The van der Waals surface area contributed by atoms with Gasteiger partial charge in [-0.05, 0) is 24.4 Å². The Morgan fingerprint density at radius 3 is 2.79 bits per heavy atom. The number of pyridine rings is 1. The van der Waals surface area contributed by atoms with E-state index in [-0.39, 0.29) is 0 Å². The van der Waals surface area contributed by atoms with Gasteiger partial charge < -0.3 is 10.3 Å². The molecular weight excluding hydrogens is 198 g/mol. The van der Waals surface area contributed by atoms with Crippen LogP contribution < -0.4 is 5.73 Å². The van der Waals surface area contributed by atoms with E-state index in [1.54, 1.807) is 16.8 Å². The Balaban J connectivity index is 2.55. The molecule has 0 unspecified atom stereocenters. The van der Waals surface area contributed by atoms with Gasteiger partial charge in [0.2, 0.25) is 0 Å². The van der Waals surface area contributed by atoms with Crippen molar-refractivity contribution in [1.82, 2.24) is 19.7 Å². The maximum Gasteiger partial charge on any atom is 0.195 e. The predicted octanol–water partition coefficient (Wildman–Crippen LogP) is 1.12. The standard InChI is InChI=1S/C8H9N5S/c1-13-7(11-12-8(13)14)5-2-3-6(9)10-4-5/h2-4H,1H3,(H2,9,10)(H,12,14). The zero-order valence-corrected chi connectivity index (χ0v) is 8.38. The van der Waals surface area contributed by atoms with Gasteiger partial charge in [0.1, 0.15) is 5.82 Å². The Morgan fingerprint density at radius 1 is 1.50 bits per heavy atom. The Labute approximate surface area is 85.6 Å². The fraction of sp³-hybridized carbons (Fsp3) is 0.125. The summed E-state index contributed by atoms with van der Waals surface area (Å²) >= 11 is 5.00. The van der Waals surface area contributed by atoms with E-state index in [2.05, 4.69) is 15.2 Å². The van der Waals surface area contributed by atoms with Crippen LogP contribution in [0.3, 0.4) is 0 Å². The van der Waals surface area contributed by atoms with Crippen molar-refractivity contribution in [3.05, 3.63) is 23.1 Å². The maximum absolute atomic E-state index is 5.48. The van der Waals surface area contributed by atoms with Gasteiger partial charge in [-0.2, -0.15) is 5.10 Å². The molecule has 3 N–H and O–H groups in total. The summed E-state index contributed by atoms with van der Waals surface area (Å²) < 4.78 is 2.36. The van der Waals surface area contributed by atoms with Gasteiger partial charge in [-0.3, -0.25) is 5.10 Å². The van der Waals surface area contributed by atoms with Gasteiger partial charge >= 0.3 is 0 Å². The molecule has 0 radical (unpaired) electrons. The third-order valence-electron chi connectivity index (χ3n) is 1.92. The second-order valence-electron chi connectivity index (χ2n) is 2.88. The molecule has 2 heterocycles. The van der Waals surface area contributed by atoms with Crippen LogP contribution in [-0.2, 0) is 7.05 Å². The minimum atomic E-state index is 0.491. The van der Waals surface area contributed by atoms with Crippen LogP contribution in [0.25, 0.3) is 11.4 Å². The minimum Gasteiger partial charge on any atom is -0.384 e. The summed E-state index contributed by atoms with van der Waals surface area (Å²) in [5.41, 5.74) is 6.36. The smallest absolute Gasteiger partial charge is 0.195 e. The summed E-state index contributed by atoms with van der Waals surface area (Å²) in [6.07, 6.45) is 1.67. The second-order valence-corrected chi connectivity index (χ2v) is 3.27. The van der Waals surface area contributed by atoms with E-state index in [1.165, 1.54) is 0 Å². The third-order valence-corrected chi connectivity index (χ3v) is 2.29.